The number of halogens is 2. The summed E-state index contributed by atoms with van der Waals surface area (Å²) in [7, 11) is 0. The zero-order valence-corrected chi connectivity index (χ0v) is 12.6. The molecule has 2 aromatic rings. The lowest BCUT2D eigenvalue weighted by Crippen LogP contribution is -2.29. The number of rotatable bonds is 2. The van der Waals surface area contributed by atoms with Crippen LogP contribution in [0.25, 0.3) is 0 Å². The standard InChI is InChI=1S/C15H9Cl2N3O2/c16-11-6-5-10(7-12(11)17)19-14(21)15(22)20-13-4-2-1-3-9(13)8-18/h1-7H,(H,19,21)(H,20,22). The van der Waals surface area contributed by atoms with Gasteiger partial charge >= 0.3 is 11.8 Å². The quantitative estimate of drug-likeness (QED) is 0.826. The maximum Gasteiger partial charge on any atom is 0.314 e. The summed E-state index contributed by atoms with van der Waals surface area (Å²) < 4.78 is 0. The van der Waals surface area contributed by atoms with Crippen molar-refractivity contribution in [3.8, 4) is 6.07 Å². The van der Waals surface area contributed by atoms with Crippen LogP contribution in [-0.4, -0.2) is 11.8 Å². The first-order valence-corrected chi connectivity index (χ1v) is 6.83. The van der Waals surface area contributed by atoms with Crippen LogP contribution in [-0.2, 0) is 9.59 Å². The number of nitrogens with zero attached hydrogens (tertiary/aromatic N) is 1. The average Bonchev–Trinajstić information content (AvgIpc) is 2.51. The number of nitriles is 1. The third-order valence-corrected chi connectivity index (χ3v) is 3.42. The third kappa shape index (κ3) is 3.76. The lowest BCUT2D eigenvalue weighted by Gasteiger charge is -2.08. The molecule has 7 heteroatoms. The smallest absolute Gasteiger partial charge is 0.314 e. The molecule has 0 aliphatic rings. The normalized spacial score (nSPS) is 9.68. The van der Waals surface area contributed by atoms with E-state index in [-0.39, 0.29) is 16.3 Å². The fourth-order valence-corrected chi connectivity index (χ4v) is 1.93. The van der Waals surface area contributed by atoms with Crippen LogP contribution in [0.15, 0.2) is 42.5 Å². The molecule has 0 aromatic heterocycles. The minimum atomic E-state index is -0.895. The molecule has 0 unspecified atom stereocenters. The van der Waals surface area contributed by atoms with Gasteiger partial charge in [0.2, 0.25) is 0 Å². The van der Waals surface area contributed by atoms with Crippen molar-refractivity contribution >= 4 is 46.4 Å². The van der Waals surface area contributed by atoms with Gasteiger partial charge in [0.25, 0.3) is 0 Å². The van der Waals surface area contributed by atoms with Gasteiger partial charge in [-0.1, -0.05) is 35.3 Å². The molecule has 0 spiro atoms. The Bertz CT molecular complexity index is 785. The van der Waals surface area contributed by atoms with Gasteiger partial charge in [0.1, 0.15) is 6.07 Å². The first-order chi connectivity index (χ1) is 10.5. The van der Waals surface area contributed by atoms with Crippen LogP contribution in [0.4, 0.5) is 11.4 Å². The molecule has 0 saturated heterocycles. The largest absolute Gasteiger partial charge is 0.318 e. The van der Waals surface area contributed by atoms with Crippen LogP contribution in [0.1, 0.15) is 5.56 Å². The van der Waals surface area contributed by atoms with Crippen molar-refractivity contribution in [2.24, 2.45) is 0 Å². The Morgan fingerprint density at radius 1 is 0.955 bits per heavy atom. The molecular formula is C15H9Cl2N3O2. The van der Waals surface area contributed by atoms with E-state index in [4.69, 9.17) is 28.5 Å². The van der Waals surface area contributed by atoms with Gasteiger partial charge in [0, 0.05) is 5.69 Å². The Hall–Kier alpha value is -2.55. The zero-order valence-electron chi connectivity index (χ0n) is 11.1. The third-order valence-electron chi connectivity index (χ3n) is 2.68. The van der Waals surface area contributed by atoms with Crippen molar-refractivity contribution in [2.45, 2.75) is 0 Å². The molecule has 0 heterocycles. The van der Waals surface area contributed by atoms with Gasteiger partial charge in [0.15, 0.2) is 0 Å². The number of benzene rings is 2. The van der Waals surface area contributed by atoms with Crippen molar-refractivity contribution in [1.82, 2.24) is 0 Å². The molecular weight excluding hydrogens is 325 g/mol. The Morgan fingerprint density at radius 2 is 1.64 bits per heavy atom. The molecule has 0 aliphatic carbocycles. The molecule has 2 N–H and O–H groups in total. The number of para-hydroxylation sites is 1. The topological polar surface area (TPSA) is 82.0 Å². The minimum Gasteiger partial charge on any atom is -0.318 e. The Kier molecular flexibility index (Phi) is 4.99. The Balaban J connectivity index is 2.08. The van der Waals surface area contributed by atoms with Crippen molar-refractivity contribution in [1.29, 1.82) is 5.26 Å². The van der Waals surface area contributed by atoms with E-state index >= 15 is 0 Å². The molecule has 2 rings (SSSR count). The van der Waals surface area contributed by atoms with Crippen LogP contribution in [0, 0.1) is 11.3 Å². The second kappa shape index (κ2) is 6.94. The molecule has 2 amide bonds. The van der Waals surface area contributed by atoms with E-state index in [9.17, 15) is 9.59 Å². The Morgan fingerprint density at radius 3 is 2.32 bits per heavy atom. The summed E-state index contributed by atoms with van der Waals surface area (Å²) in [6.45, 7) is 0. The van der Waals surface area contributed by atoms with Gasteiger partial charge in [-0.05, 0) is 30.3 Å². The second-order valence-corrected chi connectivity index (χ2v) is 5.01. The van der Waals surface area contributed by atoms with Crippen LogP contribution >= 0.6 is 23.2 Å². The second-order valence-electron chi connectivity index (χ2n) is 4.19. The van der Waals surface area contributed by atoms with E-state index in [1.54, 1.807) is 12.1 Å². The highest BCUT2D eigenvalue weighted by molar-refractivity contribution is 6.44. The molecule has 22 heavy (non-hydrogen) atoms. The molecule has 0 radical (unpaired) electrons. The minimum absolute atomic E-state index is 0.259. The number of amides is 2. The molecule has 0 bridgehead atoms. The summed E-state index contributed by atoms with van der Waals surface area (Å²) in [6.07, 6.45) is 0. The van der Waals surface area contributed by atoms with E-state index in [1.165, 1.54) is 30.3 Å². The van der Waals surface area contributed by atoms with Gasteiger partial charge < -0.3 is 10.6 Å². The van der Waals surface area contributed by atoms with Crippen molar-refractivity contribution in [3.05, 3.63) is 58.1 Å². The highest BCUT2D eigenvalue weighted by atomic mass is 35.5. The van der Waals surface area contributed by atoms with Gasteiger partial charge in [-0.25, -0.2) is 0 Å². The number of hydrogen-bond acceptors (Lipinski definition) is 3. The maximum atomic E-state index is 11.8. The predicted octanol–water partition coefficient (Wildman–Crippen LogP) is 3.44. The van der Waals surface area contributed by atoms with E-state index in [0.717, 1.165) is 0 Å². The molecule has 110 valence electrons. The van der Waals surface area contributed by atoms with Crippen molar-refractivity contribution < 1.29 is 9.59 Å². The SMILES string of the molecule is N#Cc1ccccc1NC(=O)C(=O)Nc1ccc(Cl)c(Cl)c1. The molecule has 0 saturated carbocycles. The molecule has 5 nitrogen and oxygen atoms in total. The zero-order chi connectivity index (χ0) is 16.1. The highest BCUT2D eigenvalue weighted by Crippen LogP contribution is 2.25. The van der Waals surface area contributed by atoms with Crippen LogP contribution in [0.2, 0.25) is 10.0 Å². The lowest BCUT2D eigenvalue weighted by atomic mass is 10.2. The number of nitrogens with one attached hydrogen (secondary N) is 2. The lowest BCUT2D eigenvalue weighted by molar-refractivity contribution is -0.133. The summed E-state index contributed by atoms with van der Waals surface area (Å²) in [5.41, 5.74) is 0.862. The van der Waals surface area contributed by atoms with Crippen molar-refractivity contribution in [3.63, 3.8) is 0 Å². The fraction of sp³-hybridized carbons (Fsp3) is 0. The van der Waals surface area contributed by atoms with Crippen LogP contribution in [0.3, 0.4) is 0 Å². The fourth-order valence-electron chi connectivity index (χ4n) is 1.63. The average molecular weight is 334 g/mol. The predicted molar refractivity (Wildman–Crippen MR) is 84.9 cm³/mol. The van der Waals surface area contributed by atoms with E-state index < -0.39 is 11.8 Å². The van der Waals surface area contributed by atoms with E-state index in [2.05, 4.69) is 10.6 Å². The van der Waals surface area contributed by atoms with E-state index in [1.807, 2.05) is 6.07 Å². The highest BCUT2D eigenvalue weighted by Gasteiger charge is 2.16. The van der Waals surface area contributed by atoms with Gasteiger partial charge in [-0.15, -0.1) is 0 Å². The van der Waals surface area contributed by atoms with Crippen molar-refractivity contribution in [2.75, 3.05) is 10.6 Å². The van der Waals surface area contributed by atoms with E-state index in [0.29, 0.717) is 10.7 Å². The summed E-state index contributed by atoms with van der Waals surface area (Å²) in [5.74, 6) is -1.78. The summed E-state index contributed by atoms with van der Waals surface area (Å²) in [4.78, 5) is 23.7. The van der Waals surface area contributed by atoms with Gasteiger partial charge in [0.05, 0.1) is 21.3 Å². The number of hydrogen-bond donors (Lipinski definition) is 2. The first-order valence-electron chi connectivity index (χ1n) is 6.08. The number of anilines is 2. The maximum absolute atomic E-state index is 11.8. The summed E-state index contributed by atoms with van der Waals surface area (Å²) in [6, 6.07) is 12.7. The molecule has 0 aliphatic heterocycles. The monoisotopic (exact) mass is 333 g/mol. The van der Waals surface area contributed by atoms with Crippen LogP contribution < -0.4 is 10.6 Å². The summed E-state index contributed by atoms with van der Waals surface area (Å²) in [5, 5.41) is 14.3. The van der Waals surface area contributed by atoms with Crippen LogP contribution in [0.5, 0.6) is 0 Å². The molecule has 0 fully saturated rings. The first kappa shape index (κ1) is 15.8. The molecule has 2 aromatic carbocycles. The van der Waals surface area contributed by atoms with Gasteiger partial charge in [-0.2, -0.15) is 5.26 Å². The van der Waals surface area contributed by atoms with Gasteiger partial charge in [-0.3, -0.25) is 9.59 Å². The number of carbonyl (C=O) groups is 2. The number of carbonyl (C=O) groups excluding carboxylic acids is 2. The summed E-state index contributed by atoms with van der Waals surface area (Å²) >= 11 is 11.6. The molecule has 0 atom stereocenters. The Labute approximate surface area is 136 Å².